The smallest absolute Gasteiger partial charge is 0.0991 e. The summed E-state index contributed by atoms with van der Waals surface area (Å²) in [5, 5.41) is 8.89. The second-order valence-electron chi connectivity index (χ2n) is 4.05. The fraction of sp³-hybridized carbons (Fsp3) is 0.133. The topological polar surface area (TPSA) is 49.8 Å². The predicted molar refractivity (Wildman–Crippen MR) is 69.2 cm³/mol. The van der Waals surface area contributed by atoms with Crippen molar-refractivity contribution in [2.75, 3.05) is 0 Å². The molecule has 2 rings (SSSR count). The first-order valence-electron chi connectivity index (χ1n) is 5.54. The third-order valence-electron chi connectivity index (χ3n) is 2.83. The molecule has 0 aromatic heterocycles. The standard InChI is InChI=1S/C15H14N2/c1-11-7-13(10-17)5-6-15(11)14-4-2-3-12(8-14)9-16/h2-8H,10,17H2,1H3. The van der Waals surface area contributed by atoms with Gasteiger partial charge in [0.25, 0.3) is 0 Å². The molecule has 0 saturated carbocycles. The zero-order valence-corrected chi connectivity index (χ0v) is 9.77. The van der Waals surface area contributed by atoms with Crippen LogP contribution in [0.15, 0.2) is 42.5 Å². The van der Waals surface area contributed by atoms with Crippen molar-refractivity contribution in [2.24, 2.45) is 5.73 Å². The van der Waals surface area contributed by atoms with Crippen LogP contribution in [-0.4, -0.2) is 0 Å². The quantitative estimate of drug-likeness (QED) is 0.849. The van der Waals surface area contributed by atoms with Gasteiger partial charge in [0.2, 0.25) is 0 Å². The highest BCUT2D eigenvalue weighted by Crippen LogP contribution is 2.24. The van der Waals surface area contributed by atoms with E-state index in [1.165, 1.54) is 5.56 Å². The largest absolute Gasteiger partial charge is 0.326 e. The molecule has 0 bridgehead atoms. The van der Waals surface area contributed by atoms with Crippen molar-refractivity contribution in [3.05, 3.63) is 59.2 Å². The maximum Gasteiger partial charge on any atom is 0.0991 e. The number of hydrogen-bond acceptors (Lipinski definition) is 2. The van der Waals surface area contributed by atoms with Crippen LogP contribution in [0.1, 0.15) is 16.7 Å². The average molecular weight is 222 g/mol. The fourth-order valence-corrected chi connectivity index (χ4v) is 1.93. The molecule has 0 aliphatic rings. The van der Waals surface area contributed by atoms with E-state index < -0.39 is 0 Å². The third kappa shape index (κ3) is 2.35. The molecule has 2 N–H and O–H groups in total. The Kier molecular flexibility index (Phi) is 3.22. The Bertz CT molecular complexity index is 580. The van der Waals surface area contributed by atoms with Crippen molar-refractivity contribution in [3.8, 4) is 17.2 Å². The van der Waals surface area contributed by atoms with E-state index in [-0.39, 0.29) is 0 Å². The van der Waals surface area contributed by atoms with Gasteiger partial charge in [-0.2, -0.15) is 5.26 Å². The Hall–Kier alpha value is -2.11. The molecule has 2 nitrogen and oxygen atoms in total. The van der Waals surface area contributed by atoms with Gasteiger partial charge in [-0.25, -0.2) is 0 Å². The van der Waals surface area contributed by atoms with Gasteiger partial charge in [0.15, 0.2) is 0 Å². The molecule has 0 atom stereocenters. The van der Waals surface area contributed by atoms with E-state index in [2.05, 4.69) is 25.1 Å². The van der Waals surface area contributed by atoms with E-state index in [1.807, 2.05) is 30.3 Å². The van der Waals surface area contributed by atoms with E-state index in [9.17, 15) is 0 Å². The molecule has 0 aliphatic carbocycles. The van der Waals surface area contributed by atoms with Crippen LogP contribution in [0.5, 0.6) is 0 Å². The maximum absolute atomic E-state index is 8.89. The van der Waals surface area contributed by atoms with E-state index in [0.29, 0.717) is 12.1 Å². The molecule has 0 fully saturated rings. The van der Waals surface area contributed by atoms with Gasteiger partial charge >= 0.3 is 0 Å². The van der Waals surface area contributed by atoms with Gasteiger partial charge in [0.1, 0.15) is 0 Å². The van der Waals surface area contributed by atoms with Crippen LogP contribution in [0.3, 0.4) is 0 Å². The minimum atomic E-state index is 0.555. The number of rotatable bonds is 2. The molecule has 2 aromatic rings. The molecular formula is C15H14N2. The predicted octanol–water partition coefficient (Wildman–Crippen LogP) is 2.99. The van der Waals surface area contributed by atoms with Crippen LogP contribution < -0.4 is 5.73 Å². The van der Waals surface area contributed by atoms with E-state index in [1.54, 1.807) is 0 Å². The summed E-state index contributed by atoms with van der Waals surface area (Å²) in [6.07, 6.45) is 0. The SMILES string of the molecule is Cc1cc(CN)ccc1-c1cccc(C#N)c1. The van der Waals surface area contributed by atoms with Crippen molar-refractivity contribution in [3.63, 3.8) is 0 Å². The first-order valence-corrected chi connectivity index (χ1v) is 5.54. The Morgan fingerprint density at radius 3 is 2.65 bits per heavy atom. The number of hydrogen-bond donors (Lipinski definition) is 1. The average Bonchev–Trinajstić information content (AvgIpc) is 2.38. The first kappa shape index (κ1) is 11.4. The normalized spacial score (nSPS) is 9.94. The Morgan fingerprint density at radius 1 is 1.18 bits per heavy atom. The third-order valence-corrected chi connectivity index (χ3v) is 2.83. The number of aryl methyl sites for hydroxylation is 1. The molecule has 2 aromatic carbocycles. The molecule has 0 aliphatic heterocycles. The summed E-state index contributed by atoms with van der Waals surface area (Å²) in [5.41, 5.74) is 10.8. The molecule has 0 heterocycles. The number of nitriles is 1. The first-order chi connectivity index (χ1) is 8.24. The van der Waals surface area contributed by atoms with Crippen molar-refractivity contribution in [1.29, 1.82) is 5.26 Å². The van der Waals surface area contributed by atoms with Crippen LogP contribution in [-0.2, 0) is 6.54 Å². The maximum atomic E-state index is 8.89. The number of nitrogens with two attached hydrogens (primary N) is 1. The molecule has 2 heteroatoms. The Balaban J connectivity index is 2.49. The lowest BCUT2D eigenvalue weighted by molar-refractivity contribution is 1.07. The molecule has 84 valence electrons. The number of nitrogens with zero attached hydrogens (tertiary/aromatic N) is 1. The Morgan fingerprint density at radius 2 is 2.00 bits per heavy atom. The second-order valence-corrected chi connectivity index (χ2v) is 4.05. The van der Waals surface area contributed by atoms with Gasteiger partial charge in [-0.3, -0.25) is 0 Å². The monoisotopic (exact) mass is 222 g/mol. The van der Waals surface area contributed by atoms with Gasteiger partial charge in [-0.15, -0.1) is 0 Å². The van der Waals surface area contributed by atoms with Gasteiger partial charge < -0.3 is 5.73 Å². The minimum Gasteiger partial charge on any atom is -0.326 e. The van der Waals surface area contributed by atoms with E-state index in [0.717, 1.165) is 16.7 Å². The van der Waals surface area contributed by atoms with Gasteiger partial charge in [0, 0.05) is 6.54 Å². The van der Waals surface area contributed by atoms with Gasteiger partial charge in [-0.05, 0) is 41.3 Å². The van der Waals surface area contributed by atoms with E-state index in [4.69, 9.17) is 11.0 Å². The van der Waals surface area contributed by atoms with Crippen LogP contribution in [0.2, 0.25) is 0 Å². The fourth-order valence-electron chi connectivity index (χ4n) is 1.93. The lowest BCUT2D eigenvalue weighted by Crippen LogP contribution is -1.97. The van der Waals surface area contributed by atoms with Gasteiger partial charge in [-0.1, -0.05) is 30.3 Å². The highest BCUT2D eigenvalue weighted by molar-refractivity contribution is 5.68. The molecule has 0 unspecified atom stereocenters. The lowest BCUT2D eigenvalue weighted by atomic mass is 9.97. The zero-order chi connectivity index (χ0) is 12.3. The van der Waals surface area contributed by atoms with Crippen LogP contribution in [0.25, 0.3) is 11.1 Å². The van der Waals surface area contributed by atoms with Crippen molar-refractivity contribution in [2.45, 2.75) is 13.5 Å². The highest BCUT2D eigenvalue weighted by Gasteiger charge is 2.03. The van der Waals surface area contributed by atoms with Crippen molar-refractivity contribution in [1.82, 2.24) is 0 Å². The summed E-state index contributed by atoms with van der Waals surface area (Å²) in [4.78, 5) is 0. The summed E-state index contributed by atoms with van der Waals surface area (Å²) >= 11 is 0. The summed E-state index contributed by atoms with van der Waals surface area (Å²) in [6.45, 7) is 2.62. The lowest BCUT2D eigenvalue weighted by Gasteiger charge is -2.08. The summed E-state index contributed by atoms with van der Waals surface area (Å²) in [7, 11) is 0. The molecule has 17 heavy (non-hydrogen) atoms. The van der Waals surface area contributed by atoms with Crippen LogP contribution in [0.4, 0.5) is 0 Å². The highest BCUT2D eigenvalue weighted by atomic mass is 14.5. The zero-order valence-electron chi connectivity index (χ0n) is 9.77. The summed E-state index contributed by atoms with van der Waals surface area (Å²) < 4.78 is 0. The van der Waals surface area contributed by atoms with Gasteiger partial charge in [0.05, 0.1) is 11.6 Å². The van der Waals surface area contributed by atoms with Crippen molar-refractivity contribution < 1.29 is 0 Å². The van der Waals surface area contributed by atoms with Crippen molar-refractivity contribution >= 4 is 0 Å². The Labute approximate surface area is 101 Å². The van der Waals surface area contributed by atoms with Crippen LogP contribution in [0, 0.1) is 18.3 Å². The van der Waals surface area contributed by atoms with E-state index >= 15 is 0 Å². The minimum absolute atomic E-state index is 0.555. The molecule has 0 saturated heterocycles. The molecule has 0 radical (unpaired) electrons. The van der Waals surface area contributed by atoms with Crippen LogP contribution >= 0.6 is 0 Å². The molecule has 0 amide bonds. The number of benzene rings is 2. The molecular weight excluding hydrogens is 208 g/mol. The summed E-state index contributed by atoms with van der Waals surface area (Å²) in [6, 6.07) is 16.0. The summed E-state index contributed by atoms with van der Waals surface area (Å²) in [5.74, 6) is 0. The second kappa shape index (κ2) is 4.82. The molecule has 0 spiro atoms.